The van der Waals surface area contributed by atoms with Gasteiger partial charge in [0.2, 0.25) is 5.95 Å². The summed E-state index contributed by atoms with van der Waals surface area (Å²) in [6.45, 7) is 6.15. The minimum atomic E-state index is 0.599. The molecular formula is C17H24N4. The van der Waals surface area contributed by atoms with Gasteiger partial charge in [-0.2, -0.15) is 4.98 Å². The molecule has 1 aromatic heterocycles. The van der Waals surface area contributed by atoms with E-state index in [1.54, 1.807) is 6.20 Å². The Morgan fingerprint density at radius 1 is 1.05 bits per heavy atom. The minimum absolute atomic E-state index is 0.599. The van der Waals surface area contributed by atoms with Crippen molar-refractivity contribution >= 4 is 11.8 Å². The maximum atomic E-state index is 4.46. The van der Waals surface area contributed by atoms with Crippen molar-refractivity contribution in [3.05, 3.63) is 48.2 Å². The maximum absolute atomic E-state index is 4.46. The Morgan fingerprint density at radius 2 is 1.86 bits per heavy atom. The van der Waals surface area contributed by atoms with Crippen molar-refractivity contribution in [3.63, 3.8) is 0 Å². The molecule has 2 N–H and O–H groups in total. The lowest BCUT2D eigenvalue weighted by Crippen LogP contribution is -2.11. The zero-order valence-electron chi connectivity index (χ0n) is 12.8. The van der Waals surface area contributed by atoms with E-state index in [4.69, 9.17) is 0 Å². The summed E-state index contributed by atoms with van der Waals surface area (Å²) in [5.74, 6) is 2.17. The van der Waals surface area contributed by atoms with Crippen LogP contribution in [0.1, 0.15) is 25.8 Å². The highest BCUT2D eigenvalue weighted by molar-refractivity contribution is 5.39. The maximum Gasteiger partial charge on any atom is 0.224 e. The van der Waals surface area contributed by atoms with E-state index in [-0.39, 0.29) is 0 Å². The van der Waals surface area contributed by atoms with Crippen LogP contribution in [0.15, 0.2) is 42.6 Å². The Morgan fingerprint density at radius 3 is 2.62 bits per heavy atom. The van der Waals surface area contributed by atoms with E-state index in [2.05, 4.69) is 58.7 Å². The number of anilines is 2. The van der Waals surface area contributed by atoms with Crippen LogP contribution >= 0.6 is 0 Å². The minimum Gasteiger partial charge on any atom is -0.370 e. The molecule has 1 aromatic carbocycles. The van der Waals surface area contributed by atoms with Crippen LogP contribution in [0.2, 0.25) is 0 Å². The summed E-state index contributed by atoms with van der Waals surface area (Å²) in [6, 6.07) is 12.4. The lowest BCUT2D eigenvalue weighted by Gasteiger charge is -2.09. The van der Waals surface area contributed by atoms with Crippen molar-refractivity contribution in [3.8, 4) is 0 Å². The molecule has 2 rings (SSSR count). The largest absolute Gasteiger partial charge is 0.370 e. The summed E-state index contributed by atoms with van der Waals surface area (Å²) in [7, 11) is 0. The first-order valence-electron chi connectivity index (χ1n) is 7.59. The third kappa shape index (κ3) is 5.81. The van der Waals surface area contributed by atoms with Crippen molar-refractivity contribution in [2.24, 2.45) is 5.92 Å². The van der Waals surface area contributed by atoms with E-state index in [1.165, 1.54) is 5.56 Å². The SMILES string of the molecule is CC(C)CNc1ccnc(NCCCc2ccccc2)n1. The molecule has 0 fully saturated rings. The van der Waals surface area contributed by atoms with Crippen LogP contribution in [0.3, 0.4) is 0 Å². The van der Waals surface area contributed by atoms with E-state index in [0.29, 0.717) is 11.9 Å². The molecule has 0 bridgehead atoms. The number of aryl methyl sites for hydroxylation is 1. The van der Waals surface area contributed by atoms with Crippen molar-refractivity contribution in [1.82, 2.24) is 9.97 Å². The first kappa shape index (κ1) is 15.3. The van der Waals surface area contributed by atoms with Crippen LogP contribution in [-0.2, 0) is 6.42 Å². The number of aromatic nitrogens is 2. The second-order valence-electron chi connectivity index (χ2n) is 5.56. The van der Waals surface area contributed by atoms with Gasteiger partial charge in [0.15, 0.2) is 0 Å². The number of nitrogens with one attached hydrogen (secondary N) is 2. The van der Waals surface area contributed by atoms with Gasteiger partial charge in [-0.25, -0.2) is 4.98 Å². The molecule has 0 saturated heterocycles. The third-order valence-corrected chi connectivity index (χ3v) is 3.12. The topological polar surface area (TPSA) is 49.8 Å². The van der Waals surface area contributed by atoms with Crippen LogP contribution in [0.5, 0.6) is 0 Å². The molecule has 0 radical (unpaired) electrons. The lowest BCUT2D eigenvalue weighted by atomic mass is 10.1. The molecule has 0 aliphatic heterocycles. The van der Waals surface area contributed by atoms with Crippen LogP contribution in [-0.4, -0.2) is 23.1 Å². The van der Waals surface area contributed by atoms with Gasteiger partial charge in [0.05, 0.1) is 0 Å². The second-order valence-corrected chi connectivity index (χ2v) is 5.56. The van der Waals surface area contributed by atoms with Crippen molar-refractivity contribution in [2.75, 3.05) is 23.7 Å². The Kier molecular flexibility index (Phi) is 6.00. The number of hydrogen-bond donors (Lipinski definition) is 2. The fraction of sp³-hybridized carbons (Fsp3) is 0.412. The second kappa shape index (κ2) is 8.25. The van der Waals surface area contributed by atoms with Crippen LogP contribution in [0.4, 0.5) is 11.8 Å². The molecule has 0 atom stereocenters. The van der Waals surface area contributed by atoms with Crippen LogP contribution in [0.25, 0.3) is 0 Å². The summed E-state index contributed by atoms with van der Waals surface area (Å²) in [5.41, 5.74) is 1.37. The average Bonchev–Trinajstić information content (AvgIpc) is 2.51. The van der Waals surface area contributed by atoms with Crippen molar-refractivity contribution in [2.45, 2.75) is 26.7 Å². The summed E-state index contributed by atoms with van der Waals surface area (Å²) < 4.78 is 0. The molecule has 1 heterocycles. The fourth-order valence-electron chi connectivity index (χ4n) is 1.99. The first-order valence-corrected chi connectivity index (χ1v) is 7.59. The predicted molar refractivity (Wildman–Crippen MR) is 88.6 cm³/mol. The van der Waals surface area contributed by atoms with E-state index in [0.717, 1.165) is 31.7 Å². The van der Waals surface area contributed by atoms with E-state index in [9.17, 15) is 0 Å². The third-order valence-electron chi connectivity index (χ3n) is 3.12. The highest BCUT2D eigenvalue weighted by atomic mass is 15.1. The van der Waals surface area contributed by atoms with Gasteiger partial charge in [-0.05, 0) is 30.4 Å². The van der Waals surface area contributed by atoms with Gasteiger partial charge in [0.1, 0.15) is 5.82 Å². The first-order chi connectivity index (χ1) is 10.2. The molecule has 0 aliphatic rings. The molecule has 0 unspecified atom stereocenters. The predicted octanol–water partition coefficient (Wildman–Crippen LogP) is 3.59. The van der Waals surface area contributed by atoms with Gasteiger partial charge >= 0.3 is 0 Å². The normalized spacial score (nSPS) is 10.6. The number of benzene rings is 1. The van der Waals surface area contributed by atoms with Gasteiger partial charge in [0.25, 0.3) is 0 Å². The fourth-order valence-corrected chi connectivity index (χ4v) is 1.99. The zero-order valence-corrected chi connectivity index (χ0v) is 12.8. The van der Waals surface area contributed by atoms with E-state index in [1.807, 2.05) is 12.1 Å². The molecular weight excluding hydrogens is 260 g/mol. The van der Waals surface area contributed by atoms with Gasteiger partial charge in [0, 0.05) is 19.3 Å². The highest BCUT2D eigenvalue weighted by Gasteiger charge is 2.00. The summed E-state index contributed by atoms with van der Waals surface area (Å²) in [6.07, 6.45) is 3.92. The Bertz CT molecular complexity index is 525. The summed E-state index contributed by atoms with van der Waals surface area (Å²) in [4.78, 5) is 8.70. The average molecular weight is 284 g/mol. The standard InChI is InChI=1S/C17H24N4/c1-14(2)13-20-16-10-12-19-17(21-16)18-11-6-9-15-7-4-3-5-8-15/h3-5,7-8,10,12,14H,6,9,11,13H2,1-2H3,(H2,18,19,20,21). The molecule has 0 aliphatic carbocycles. The van der Waals surface area contributed by atoms with Gasteiger partial charge in [-0.3, -0.25) is 0 Å². The molecule has 112 valence electrons. The number of rotatable bonds is 8. The van der Waals surface area contributed by atoms with Crippen LogP contribution in [0, 0.1) is 5.92 Å². The molecule has 0 amide bonds. The Hall–Kier alpha value is -2.10. The van der Waals surface area contributed by atoms with Gasteiger partial charge < -0.3 is 10.6 Å². The molecule has 2 aromatic rings. The van der Waals surface area contributed by atoms with Gasteiger partial charge in [-0.15, -0.1) is 0 Å². The van der Waals surface area contributed by atoms with E-state index >= 15 is 0 Å². The molecule has 4 nitrogen and oxygen atoms in total. The van der Waals surface area contributed by atoms with Crippen molar-refractivity contribution in [1.29, 1.82) is 0 Å². The van der Waals surface area contributed by atoms with Crippen LogP contribution < -0.4 is 10.6 Å². The molecule has 4 heteroatoms. The summed E-state index contributed by atoms with van der Waals surface area (Å²) >= 11 is 0. The summed E-state index contributed by atoms with van der Waals surface area (Å²) in [5, 5.41) is 6.59. The zero-order chi connectivity index (χ0) is 14.9. The van der Waals surface area contributed by atoms with Gasteiger partial charge in [-0.1, -0.05) is 44.2 Å². The quantitative estimate of drug-likeness (QED) is 0.727. The van der Waals surface area contributed by atoms with E-state index < -0.39 is 0 Å². The monoisotopic (exact) mass is 284 g/mol. The molecule has 0 saturated carbocycles. The number of hydrogen-bond acceptors (Lipinski definition) is 4. The van der Waals surface area contributed by atoms with Crippen molar-refractivity contribution < 1.29 is 0 Å². The Balaban J connectivity index is 1.74. The molecule has 21 heavy (non-hydrogen) atoms. The highest BCUT2D eigenvalue weighted by Crippen LogP contribution is 2.07. The smallest absolute Gasteiger partial charge is 0.224 e. The number of nitrogens with zero attached hydrogens (tertiary/aromatic N) is 2. The molecule has 0 spiro atoms. The lowest BCUT2D eigenvalue weighted by molar-refractivity contribution is 0.687. The Labute approximate surface area is 127 Å².